The normalized spacial score (nSPS) is 38.5. The summed E-state index contributed by atoms with van der Waals surface area (Å²) < 4.78 is 0. The van der Waals surface area contributed by atoms with Crippen LogP contribution >= 0.6 is 0 Å². The lowest BCUT2D eigenvalue weighted by Crippen LogP contribution is -2.57. The Labute approximate surface area is 148 Å². The molecule has 4 nitrogen and oxygen atoms in total. The summed E-state index contributed by atoms with van der Waals surface area (Å²) >= 11 is 0. The number of carbonyl (C=O) groups excluding carboxylic acids is 2. The van der Waals surface area contributed by atoms with Crippen LogP contribution in [0.5, 0.6) is 0 Å². The van der Waals surface area contributed by atoms with Crippen LogP contribution in [-0.2, 0) is 16.0 Å². The van der Waals surface area contributed by atoms with Crippen molar-refractivity contribution in [1.82, 2.24) is 4.90 Å². The zero-order valence-electron chi connectivity index (χ0n) is 14.6. The summed E-state index contributed by atoms with van der Waals surface area (Å²) in [4.78, 5) is 27.8. The molecule has 132 valence electrons. The molecule has 1 aromatic carbocycles. The third kappa shape index (κ3) is 2.26. The maximum atomic E-state index is 13.7. The van der Waals surface area contributed by atoms with Gasteiger partial charge in [-0.05, 0) is 73.8 Å². The van der Waals surface area contributed by atoms with Gasteiger partial charge in [0.15, 0.2) is 0 Å². The lowest BCUT2D eigenvalue weighted by molar-refractivity contribution is -0.162. The standard InChI is InChI=1S/C21H26N2O2/c22-19(24)18-17-4-2-1-3-16(17)5-6-23(18)20(25)21-10-13-7-14(11-21)9-15(8-13)12-21/h1-4,13-15,18H,5-12H2,(H2,22,24). The molecule has 4 fully saturated rings. The van der Waals surface area contributed by atoms with E-state index in [0.29, 0.717) is 6.54 Å². The van der Waals surface area contributed by atoms with Crippen LogP contribution in [0.15, 0.2) is 24.3 Å². The summed E-state index contributed by atoms with van der Waals surface area (Å²) in [7, 11) is 0. The molecule has 0 aromatic heterocycles. The number of nitrogens with zero attached hydrogens (tertiary/aromatic N) is 1. The zero-order chi connectivity index (χ0) is 17.2. The van der Waals surface area contributed by atoms with Crippen LogP contribution < -0.4 is 5.73 Å². The largest absolute Gasteiger partial charge is 0.368 e. The van der Waals surface area contributed by atoms with Crippen LogP contribution in [0.3, 0.4) is 0 Å². The molecule has 1 heterocycles. The highest BCUT2D eigenvalue weighted by molar-refractivity contribution is 5.91. The molecular formula is C21H26N2O2. The average Bonchev–Trinajstić information content (AvgIpc) is 2.58. The maximum Gasteiger partial charge on any atom is 0.244 e. The summed E-state index contributed by atoms with van der Waals surface area (Å²) in [6, 6.07) is 7.35. The molecule has 5 aliphatic rings. The minimum absolute atomic E-state index is 0.213. The summed E-state index contributed by atoms with van der Waals surface area (Å²) in [6.45, 7) is 0.616. The van der Waals surface area contributed by atoms with E-state index < -0.39 is 11.9 Å². The van der Waals surface area contributed by atoms with Gasteiger partial charge in [-0.15, -0.1) is 0 Å². The lowest BCUT2D eigenvalue weighted by Gasteiger charge is -2.57. The van der Waals surface area contributed by atoms with E-state index in [1.54, 1.807) is 0 Å². The Morgan fingerprint density at radius 1 is 1.00 bits per heavy atom. The highest BCUT2D eigenvalue weighted by Gasteiger charge is 2.56. The van der Waals surface area contributed by atoms with Gasteiger partial charge in [0.25, 0.3) is 0 Å². The van der Waals surface area contributed by atoms with Gasteiger partial charge < -0.3 is 10.6 Å². The van der Waals surface area contributed by atoms with Crippen molar-refractivity contribution < 1.29 is 9.59 Å². The number of nitrogens with two attached hydrogens (primary N) is 1. The second-order valence-corrected chi connectivity index (χ2v) is 8.95. The van der Waals surface area contributed by atoms with E-state index in [2.05, 4.69) is 6.07 Å². The molecule has 6 rings (SSSR count). The van der Waals surface area contributed by atoms with Gasteiger partial charge >= 0.3 is 0 Å². The van der Waals surface area contributed by atoms with E-state index in [1.807, 2.05) is 23.1 Å². The van der Waals surface area contributed by atoms with Crippen LogP contribution in [0.25, 0.3) is 0 Å². The first kappa shape index (κ1) is 15.4. The molecule has 0 spiro atoms. The molecule has 4 aliphatic carbocycles. The Hall–Kier alpha value is -1.84. The number of rotatable bonds is 2. The van der Waals surface area contributed by atoms with Crippen LogP contribution in [0.1, 0.15) is 55.7 Å². The summed E-state index contributed by atoms with van der Waals surface area (Å²) in [5.41, 5.74) is 7.64. The van der Waals surface area contributed by atoms with Crippen LogP contribution in [0.4, 0.5) is 0 Å². The molecule has 4 heteroatoms. The Morgan fingerprint density at radius 3 is 2.20 bits per heavy atom. The van der Waals surface area contributed by atoms with Gasteiger partial charge in [0.1, 0.15) is 6.04 Å². The summed E-state index contributed by atoms with van der Waals surface area (Å²) in [5, 5.41) is 0. The van der Waals surface area contributed by atoms with Crippen molar-refractivity contribution in [3.05, 3.63) is 35.4 Å². The van der Waals surface area contributed by atoms with E-state index >= 15 is 0 Å². The van der Waals surface area contributed by atoms with Gasteiger partial charge in [-0.3, -0.25) is 9.59 Å². The number of fused-ring (bicyclic) bond motifs is 1. The second kappa shape index (κ2) is 5.33. The molecule has 1 atom stereocenters. The van der Waals surface area contributed by atoms with Gasteiger partial charge in [-0.1, -0.05) is 24.3 Å². The third-order valence-electron chi connectivity index (χ3n) is 7.31. The van der Waals surface area contributed by atoms with Crippen molar-refractivity contribution >= 4 is 11.8 Å². The van der Waals surface area contributed by atoms with Crippen LogP contribution in [0.2, 0.25) is 0 Å². The van der Waals surface area contributed by atoms with Gasteiger partial charge in [-0.25, -0.2) is 0 Å². The predicted octanol–water partition coefficient (Wildman–Crippen LogP) is 2.81. The van der Waals surface area contributed by atoms with Crippen molar-refractivity contribution in [2.45, 2.75) is 51.0 Å². The van der Waals surface area contributed by atoms with E-state index in [0.717, 1.165) is 54.6 Å². The van der Waals surface area contributed by atoms with Crippen LogP contribution in [0, 0.1) is 23.2 Å². The Bertz CT molecular complexity index is 706. The quantitative estimate of drug-likeness (QED) is 0.901. The van der Waals surface area contributed by atoms with Crippen molar-refractivity contribution in [2.75, 3.05) is 6.54 Å². The molecule has 1 aliphatic heterocycles. The van der Waals surface area contributed by atoms with Crippen molar-refractivity contribution in [3.8, 4) is 0 Å². The highest BCUT2D eigenvalue weighted by atomic mass is 16.2. The number of primary amides is 1. The minimum atomic E-state index is -0.592. The first-order chi connectivity index (χ1) is 12.1. The Kier molecular flexibility index (Phi) is 3.28. The molecule has 0 radical (unpaired) electrons. The third-order valence-corrected chi connectivity index (χ3v) is 7.31. The maximum absolute atomic E-state index is 13.7. The van der Waals surface area contributed by atoms with Crippen molar-refractivity contribution in [3.63, 3.8) is 0 Å². The first-order valence-electron chi connectivity index (χ1n) is 9.74. The fourth-order valence-corrected chi connectivity index (χ4v) is 6.77. The topological polar surface area (TPSA) is 63.4 Å². The van der Waals surface area contributed by atoms with Crippen molar-refractivity contribution in [2.24, 2.45) is 28.9 Å². The Balaban J connectivity index is 1.50. The van der Waals surface area contributed by atoms with E-state index in [9.17, 15) is 9.59 Å². The number of hydrogen-bond acceptors (Lipinski definition) is 2. The minimum Gasteiger partial charge on any atom is -0.368 e. The van der Waals surface area contributed by atoms with Gasteiger partial charge in [0.2, 0.25) is 11.8 Å². The Morgan fingerprint density at radius 2 is 1.60 bits per heavy atom. The molecule has 4 saturated carbocycles. The second-order valence-electron chi connectivity index (χ2n) is 8.95. The number of hydrogen-bond donors (Lipinski definition) is 1. The van der Waals surface area contributed by atoms with Gasteiger partial charge in [-0.2, -0.15) is 0 Å². The molecule has 25 heavy (non-hydrogen) atoms. The van der Waals surface area contributed by atoms with E-state index in [1.165, 1.54) is 19.3 Å². The predicted molar refractivity (Wildman–Crippen MR) is 94.4 cm³/mol. The van der Waals surface area contributed by atoms with Gasteiger partial charge in [0.05, 0.1) is 5.41 Å². The van der Waals surface area contributed by atoms with Crippen LogP contribution in [-0.4, -0.2) is 23.3 Å². The number of benzene rings is 1. The van der Waals surface area contributed by atoms with Gasteiger partial charge in [0, 0.05) is 6.54 Å². The molecule has 2 amide bonds. The monoisotopic (exact) mass is 338 g/mol. The average molecular weight is 338 g/mol. The molecular weight excluding hydrogens is 312 g/mol. The highest BCUT2D eigenvalue weighted by Crippen LogP contribution is 2.61. The SMILES string of the molecule is NC(=O)C1c2ccccc2CCN1C(=O)C12CC3CC(CC(C3)C1)C2. The molecule has 4 bridgehead atoms. The summed E-state index contributed by atoms with van der Waals surface area (Å²) in [6.07, 6.45) is 7.85. The fraction of sp³-hybridized carbons (Fsp3) is 0.619. The molecule has 1 aromatic rings. The number of carbonyl (C=O) groups is 2. The molecule has 1 unspecified atom stereocenters. The molecule has 2 N–H and O–H groups in total. The lowest BCUT2D eigenvalue weighted by atomic mass is 9.49. The number of amides is 2. The van der Waals surface area contributed by atoms with Crippen molar-refractivity contribution in [1.29, 1.82) is 0 Å². The van der Waals surface area contributed by atoms with E-state index in [4.69, 9.17) is 5.73 Å². The molecule has 0 saturated heterocycles. The zero-order valence-corrected chi connectivity index (χ0v) is 14.6. The fourth-order valence-electron chi connectivity index (χ4n) is 6.77. The van der Waals surface area contributed by atoms with E-state index in [-0.39, 0.29) is 11.3 Å². The summed E-state index contributed by atoms with van der Waals surface area (Å²) in [5.74, 6) is 1.98. The smallest absolute Gasteiger partial charge is 0.244 e. The first-order valence-corrected chi connectivity index (χ1v) is 9.74.